The quantitative estimate of drug-likeness (QED) is 0.766. The molecule has 2 aliphatic heterocycles. The minimum atomic E-state index is -0.822. The van der Waals surface area contributed by atoms with E-state index in [0.29, 0.717) is 19.6 Å². The zero-order valence-electron chi connectivity index (χ0n) is 14.3. The van der Waals surface area contributed by atoms with E-state index in [1.807, 2.05) is 12.1 Å². The molecule has 7 nitrogen and oxygen atoms in total. The number of ether oxygens (including phenoxy) is 1. The fourth-order valence-electron chi connectivity index (χ4n) is 3.20. The van der Waals surface area contributed by atoms with Crippen molar-refractivity contribution in [1.29, 1.82) is 0 Å². The van der Waals surface area contributed by atoms with Gasteiger partial charge in [-0.1, -0.05) is 0 Å². The molecule has 132 valence electrons. The third-order valence-electron chi connectivity index (χ3n) is 4.53. The number of rotatable bonds is 7. The Hall–Kier alpha value is -1.86. The highest BCUT2D eigenvalue weighted by atomic mass is 16.5. The van der Waals surface area contributed by atoms with Gasteiger partial charge in [0.2, 0.25) is 0 Å². The molecule has 1 unspecified atom stereocenters. The summed E-state index contributed by atoms with van der Waals surface area (Å²) in [6, 6.07) is 3.47. The molecule has 2 fully saturated rings. The van der Waals surface area contributed by atoms with Gasteiger partial charge in [-0.15, -0.1) is 0 Å². The molecule has 2 aliphatic rings. The van der Waals surface area contributed by atoms with Gasteiger partial charge in [0.1, 0.15) is 11.3 Å². The van der Waals surface area contributed by atoms with E-state index in [9.17, 15) is 9.59 Å². The molecule has 0 aliphatic carbocycles. The first kappa shape index (κ1) is 17.0. The summed E-state index contributed by atoms with van der Waals surface area (Å²) in [5.41, 5.74) is -0.822. The average molecular weight is 335 g/mol. The van der Waals surface area contributed by atoms with E-state index >= 15 is 0 Å². The van der Waals surface area contributed by atoms with Gasteiger partial charge in [0.15, 0.2) is 0 Å². The first-order valence-corrected chi connectivity index (χ1v) is 8.46. The summed E-state index contributed by atoms with van der Waals surface area (Å²) in [4.78, 5) is 27.8. The first-order valence-electron chi connectivity index (χ1n) is 8.46. The predicted octanol–water partition coefficient (Wildman–Crippen LogP) is 1.59. The summed E-state index contributed by atoms with van der Waals surface area (Å²) in [5, 5.41) is 2.71. The molecule has 3 heterocycles. The minimum Gasteiger partial charge on any atom is -0.468 e. The Bertz CT molecular complexity index is 579. The van der Waals surface area contributed by atoms with Crippen LogP contribution in [0.15, 0.2) is 22.8 Å². The van der Waals surface area contributed by atoms with Crippen LogP contribution < -0.4 is 5.32 Å². The Morgan fingerprint density at radius 2 is 2.25 bits per heavy atom. The van der Waals surface area contributed by atoms with Crippen molar-refractivity contribution >= 4 is 11.9 Å². The summed E-state index contributed by atoms with van der Waals surface area (Å²) in [7, 11) is 0. The van der Waals surface area contributed by atoms with E-state index < -0.39 is 5.54 Å². The zero-order chi connectivity index (χ0) is 17.2. The lowest BCUT2D eigenvalue weighted by Crippen LogP contribution is -2.42. The van der Waals surface area contributed by atoms with E-state index in [-0.39, 0.29) is 18.0 Å². The molecular weight excluding hydrogens is 310 g/mol. The van der Waals surface area contributed by atoms with Gasteiger partial charge < -0.3 is 14.5 Å². The fourth-order valence-corrected chi connectivity index (χ4v) is 3.20. The average Bonchev–Trinajstić information content (AvgIpc) is 3.22. The lowest BCUT2D eigenvalue weighted by atomic mass is 10.1. The zero-order valence-corrected chi connectivity index (χ0v) is 14.3. The van der Waals surface area contributed by atoms with Crippen LogP contribution in [0.2, 0.25) is 0 Å². The van der Waals surface area contributed by atoms with Gasteiger partial charge in [-0.25, -0.2) is 4.79 Å². The predicted molar refractivity (Wildman–Crippen MR) is 87.3 cm³/mol. The molecule has 1 N–H and O–H groups in total. The standard InChI is InChI=1S/C17H25N3O4/c1-17(2)15(21)20(16(22)18-17)8-7-19(11-13-5-3-9-23-13)12-14-6-4-10-24-14/h3,5,9,14H,4,6-8,10-12H2,1-2H3,(H,18,22). The molecule has 2 saturated heterocycles. The van der Waals surface area contributed by atoms with Crippen molar-refractivity contribution in [2.45, 2.75) is 44.9 Å². The van der Waals surface area contributed by atoms with E-state index in [0.717, 1.165) is 31.8 Å². The maximum Gasteiger partial charge on any atom is 0.325 e. The van der Waals surface area contributed by atoms with E-state index in [1.54, 1.807) is 20.1 Å². The van der Waals surface area contributed by atoms with Gasteiger partial charge in [0.05, 0.1) is 18.9 Å². The topological polar surface area (TPSA) is 75.0 Å². The Morgan fingerprint density at radius 1 is 1.42 bits per heavy atom. The van der Waals surface area contributed by atoms with Gasteiger partial charge in [-0.3, -0.25) is 14.6 Å². The third-order valence-corrected chi connectivity index (χ3v) is 4.53. The minimum absolute atomic E-state index is 0.178. The van der Waals surface area contributed by atoms with Crippen LogP contribution in [0, 0.1) is 0 Å². The molecular formula is C17H25N3O4. The second kappa shape index (κ2) is 6.94. The highest BCUT2D eigenvalue weighted by molar-refractivity contribution is 6.06. The van der Waals surface area contributed by atoms with Crippen LogP contribution in [0.1, 0.15) is 32.4 Å². The lowest BCUT2D eigenvalue weighted by Gasteiger charge is -2.26. The smallest absolute Gasteiger partial charge is 0.325 e. The molecule has 0 saturated carbocycles. The van der Waals surface area contributed by atoms with Crippen LogP contribution in [0.4, 0.5) is 4.79 Å². The Kier molecular flexibility index (Phi) is 4.91. The van der Waals surface area contributed by atoms with Crippen molar-refractivity contribution in [1.82, 2.24) is 15.1 Å². The molecule has 1 aromatic heterocycles. The SMILES string of the molecule is CC1(C)NC(=O)N(CCN(Cc2ccco2)CC2CCCO2)C1=O. The summed E-state index contributed by atoms with van der Waals surface area (Å²) >= 11 is 0. The van der Waals surface area contributed by atoms with E-state index in [4.69, 9.17) is 9.15 Å². The van der Waals surface area contributed by atoms with Crippen LogP contribution in [-0.4, -0.2) is 59.6 Å². The number of hydrogen-bond acceptors (Lipinski definition) is 5. The van der Waals surface area contributed by atoms with Crippen molar-refractivity contribution in [2.75, 3.05) is 26.2 Å². The number of carbonyl (C=O) groups is 2. The molecule has 24 heavy (non-hydrogen) atoms. The molecule has 3 amide bonds. The Balaban J connectivity index is 1.60. The monoisotopic (exact) mass is 335 g/mol. The van der Waals surface area contributed by atoms with Gasteiger partial charge in [0, 0.05) is 26.2 Å². The summed E-state index contributed by atoms with van der Waals surface area (Å²) in [5.74, 6) is 0.688. The number of hydrogen-bond donors (Lipinski definition) is 1. The Labute approximate surface area is 141 Å². The summed E-state index contributed by atoms with van der Waals surface area (Å²) < 4.78 is 11.2. The number of urea groups is 1. The van der Waals surface area contributed by atoms with Crippen LogP contribution in [0.25, 0.3) is 0 Å². The van der Waals surface area contributed by atoms with Crippen LogP contribution in [0.5, 0.6) is 0 Å². The third kappa shape index (κ3) is 3.79. The Morgan fingerprint density at radius 3 is 2.83 bits per heavy atom. The number of imide groups is 1. The number of nitrogens with zero attached hydrogens (tertiary/aromatic N) is 2. The van der Waals surface area contributed by atoms with Crippen LogP contribution in [-0.2, 0) is 16.1 Å². The largest absolute Gasteiger partial charge is 0.468 e. The molecule has 7 heteroatoms. The maximum atomic E-state index is 12.3. The summed E-state index contributed by atoms with van der Waals surface area (Å²) in [6.07, 6.45) is 3.99. The highest BCUT2D eigenvalue weighted by Gasteiger charge is 2.44. The molecule has 0 radical (unpaired) electrons. The molecule has 0 aromatic carbocycles. The lowest BCUT2D eigenvalue weighted by molar-refractivity contribution is -0.130. The van der Waals surface area contributed by atoms with Gasteiger partial charge in [0.25, 0.3) is 5.91 Å². The fraction of sp³-hybridized carbons (Fsp3) is 0.647. The van der Waals surface area contributed by atoms with Crippen LogP contribution in [0.3, 0.4) is 0 Å². The summed E-state index contributed by atoms with van der Waals surface area (Å²) in [6.45, 7) is 6.62. The number of carbonyl (C=O) groups excluding carboxylic acids is 2. The maximum absolute atomic E-state index is 12.3. The van der Waals surface area contributed by atoms with Crippen molar-refractivity contribution in [3.63, 3.8) is 0 Å². The number of nitrogens with one attached hydrogen (secondary N) is 1. The molecule has 0 bridgehead atoms. The second-order valence-electron chi connectivity index (χ2n) is 6.96. The second-order valence-corrected chi connectivity index (χ2v) is 6.96. The first-order chi connectivity index (χ1) is 11.5. The number of furan rings is 1. The van der Waals surface area contributed by atoms with Crippen molar-refractivity contribution in [3.8, 4) is 0 Å². The van der Waals surface area contributed by atoms with Crippen molar-refractivity contribution in [3.05, 3.63) is 24.2 Å². The molecule has 3 rings (SSSR count). The van der Waals surface area contributed by atoms with E-state index in [2.05, 4.69) is 10.2 Å². The molecule has 0 spiro atoms. The molecule has 1 aromatic rings. The van der Waals surface area contributed by atoms with Gasteiger partial charge in [-0.05, 0) is 38.8 Å². The molecule has 1 atom stereocenters. The normalized spacial score (nSPS) is 23.3. The van der Waals surface area contributed by atoms with Crippen molar-refractivity contribution < 1.29 is 18.7 Å². The highest BCUT2D eigenvalue weighted by Crippen LogP contribution is 2.18. The van der Waals surface area contributed by atoms with Crippen LogP contribution >= 0.6 is 0 Å². The van der Waals surface area contributed by atoms with Gasteiger partial charge >= 0.3 is 6.03 Å². The van der Waals surface area contributed by atoms with Gasteiger partial charge in [-0.2, -0.15) is 0 Å². The van der Waals surface area contributed by atoms with Crippen molar-refractivity contribution in [2.24, 2.45) is 0 Å². The number of amides is 3. The van der Waals surface area contributed by atoms with E-state index in [1.165, 1.54) is 4.90 Å².